The number of nitrogens with one attached hydrogen (secondary N) is 2. The molecule has 1 amide bonds. The first-order valence-electron chi connectivity index (χ1n) is 10.4. The van der Waals surface area contributed by atoms with Crippen molar-refractivity contribution in [3.63, 3.8) is 0 Å². The summed E-state index contributed by atoms with van der Waals surface area (Å²) >= 11 is 0. The number of alkyl halides is 3. The maximum atomic E-state index is 13.0. The molecule has 35 heavy (non-hydrogen) atoms. The molecule has 13 heteroatoms. The van der Waals surface area contributed by atoms with Crippen molar-refractivity contribution in [2.24, 2.45) is 0 Å². The molecule has 0 spiro atoms. The molecule has 10 nitrogen and oxygen atoms in total. The number of pyridine rings is 2. The van der Waals surface area contributed by atoms with Crippen LogP contribution in [-0.4, -0.2) is 40.4 Å². The SMILES string of the molecule is CC1=Cn2c(-c3cn(-c4cc(C(=O)Nc5cc(C(F)(F)F)ccn5)cnc4C)nn3)cnc2CN1. The number of allylic oxidation sites excluding steroid dienone is 1. The highest BCUT2D eigenvalue weighted by atomic mass is 19.4. The maximum absolute atomic E-state index is 13.0. The number of hydrogen-bond acceptors (Lipinski definition) is 7. The van der Waals surface area contributed by atoms with Gasteiger partial charge in [0.25, 0.3) is 5.91 Å². The van der Waals surface area contributed by atoms with Gasteiger partial charge < -0.3 is 10.6 Å². The predicted molar refractivity (Wildman–Crippen MR) is 119 cm³/mol. The number of anilines is 1. The Morgan fingerprint density at radius 2 is 1.97 bits per heavy atom. The molecule has 5 rings (SSSR count). The number of fused-ring (bicyclic) bond motifs is 1. The fourth-order valence-electron chi connectivity index (χ4n) is 3.56. The van der Waals surface area contributed by atoms with Crippen LogP contribution in [-0.2, 0) is 12.7 Å². The van der Waals surface area contributed by atoms with E-state index in [0.29, 0.717) is 23.6 Å². The summed E-state index contributed by atoms with van der Waals surface area (Å²) in [7, 11) is 0. The van der Waals surface area contributed by atoms with Gasteiger partial charge in [0.2, 0.25) is 0 Å². The van der Waals surface area contributed by atoms with Gasteiger partial charge in [-0.2, -0.15) is 13.2 Å². The number of amides is 1. The Kier molecular flexibility index (Phi) is 5.30. The fraction of sp³-hybridized carbons (Fsp3) is 0.182. The number of nitrogens with zero attached hydrogens (tertiary/aromatic N) is 7. The van der Waals surface area contributed by atoms with Crippen molar-refractivity contribution in [3.05, 3.63) is 71.3 Å². The van der Waals surface area contributed by atoms with E-state index >= 15 is 0 Å². The first kappa shape index (κ1) is 22.3. The second kappa shape index (κ2) is 8.34. The molecule has 1 aliphatic rings. The third kappa shape index (κ3) is 4.35. The topological polar surface area (TPSA) is 115 Å². The maximum Gasteiger partial charge on any atom is 0.416 e. The Morgan fingerprint density at radius 3 is 2.77 bits per heavy atom. The lowest BCUT2D eigenvalue weighted by atomic mass is 10.2. The molecule has 0 fully saturated rings. The molecule has 0 saturated heterocycles. The van der Waals surface area contributed by atoms with E-state index in [2.05, 4.69) is 35.9 Å². The third-order valence-corrected chi connectivity index (χ3v) is 5.38. The molecular weight excluding hydrogens is 463 g/mol. The van der Waals surface area contributed by atoms with E-state index in [-0.39, 0.29) is 11.4 Å². The molecule has 0 radical (unpaired) electrons. The molecule has 0 saturated carbocycles. The zero-order chi connectivity index (χ0) is 24.7. The predicted octanol–water partition coefficient (Wildman–Crippen LogP) is 3.42. The van der Waals surface area contributed by atoms with Crippen LogP contribution in [0.1, 0.15) is 34.4 Å². The zero-order valence-electron chi connectivity index (χ0n) is 18.5. The highest BCUT2D eigenvalue weighted by Gasteiger charge is 2.31. The average molecular weight is 481 g/mol. The number of imidazole rings is 1. The second-order valence-corrected chi connectivity index (χ2v) is 7.85. The van der Waals surface area contributed by atoms with Gasteiger partial charge in [-0.3, -0.25) is 14.3 Å². The summed E-state index contributed by atoms with van der Waals surface area (Å²) < 4.78 is 42.3. The number of hydrogen-bond donors (Lipinski definition) is 2. The fourth-order valence-corrected chi connectivity index (χ4v) is 3.56. The number of rotatable bonds is 4. The van der Waals surface area contributed by atoms with Crippen molar-refractivity contribution >= 4 is 17.9 Å². The summed E-state index contributed by atoms with van der Waals surface area (Å²) in [4.78, 5) is 25.1. The molecule has 5 heterocycles. The van der Waals surface area contributed by atoms with Crippen LogP contribution < -0.4 is 10.6 Å². The van der Waals surface area contributed by atoms with Gasteiger partial charge in [0.1, 0.15) is 17.3 Å². The summed E-state index contributed by atoms with van der Waals surface area (Å²) in [6.45, 7) is 4.28. The van der Waals surface area contributed by atoms with Gasteiger partial charge in [0.15, 0.2) is 0 Å². The normalized spacial score (nSPS) is 13.1. The minimum atomic E-state index is -4.55. The standard InChI is InChI=1S/C22H18F3N9O/c1-12-10-33-18(8-29-20(33)9-27-12)16-11-34(32-31-16)17-5-14(7-28-13(17)2)21(35)30-19-6-15(3-4-26-19)22(23,24)25/h3-8,10-11,27H,9H2,1-2H3,(H,26,30,35). The van der Waals surface area contributed by atoms with Crippen LogP contribution in [0.5, 0.6) is 0 Å². The lowest BCUT2D eigenvalue weighted by Crippen LogP contribution is -2.19. The number of aryl methyl sites for hydroxylation is 1. The summed E-state index contributed by atoms with van der Waals surface area (Å²) in [5.41, 5.74) is 2.57. The van der Waals surface area contributed by atoms with Crippen molar-refractivity contribution in [2.75, 3.05) is 5.32 Å². The van der Waals surface area contributed by atoms with Gasteiger partial charge in [0.05, 0.1) is 47.1 Å². The minimum Gasteiger partial charge on any atom is -0.380 e. The van der Waals surface area contributed by atoms with Gasteiger partial charge in [-0.15, -0.1) is 5.10 Å². The van der Waals surface area contributed by atoms with E-state index in [9.17, 15) is 18.0 Å². The lowest BCUT2D eigenvalue weighted by Gasteiger charge is -2.15. The van der Waals surface area contributed by atoms with Crippen LogP contribution in [0.15, 0.2) is 48.7 Å². The molecule has 178 valence electrons. The molecule has 0 atom stereocenters. The highest BCUT2D eigenvalue weighted by Crippen LogP contribution is 2.30. The van der Waals surface area contributed by atoms with E-state index in [1.54, 1.807) is 19.3 Å². The van der Waals surface area contributed by atoms with Gasteiger partial charge >= 0.3 is 6.18 Å². The van der Waals surface area contributed by atoms with E-state index < -0.39 is 17.6 Å². The van der Waals surface area contributed by atoms with Crippen molar-refractivity contribution in [3.8, 4) is 17.1 Å². The largest absolute Gasteiger partial charge is 0.416 e. The Bertz CT molecular complexity index is 1470. The van der Waals surface area contributed by atoms with E-state index in [4.69, 9.17) is 0 Å². The Hall–Kier alpha value is -4.55. The Balaban J connectivity index is 1.42. The number of halogens is 3. The van der Waals surface area contributed by atoms with Gasteiger partial charge in [-0.05, 0) is 32.0 Å². The van der Waals surface area contributed by atoms with Crippen LogP contribution >= 0.6 is 0 Å². The smallest absolute Gasteiger partial charge is 0.380 e. The summed E-state index contributed by atoms with van der Waals surface area (Å²) in [5, 5.41) is 14.0. The van der Waals surface area contributed by atoms with Crippen LogP contribution in [0.4, 0.5) is 19.0 Å². The first-order valence-corrected chi connectivity index (χ1v) is 10.4. The van der Waals surface area contributed by atoms with Crippen molar-refractivity contribution < 1.29 is 18.0 Å². The molecule has 0 unspecified atom stereocenters. The molecule has 0 aliphatic carbocycles. The average Bonchev–Trinajstić information content (AvgIpc) is 3.46. The number of carbonyl (C=O) groups is 1. The first-order chi connectivity index (χ1) is 16.7. The van der Waals surface area contributed by atoms with Crippen molar-refractivity contribution in [2.45, 2.75) is 26.6 Å². The van der Waals surface area contributed by atoms with Crippen LogP contribution in [0.25, 0.3) is 23.3 Å². The molecule has 2 N–H and O–H groups in total. The van der Waals surface area contributed by atoms with Gasteiger partial charge in [0, 0.05) is 24.3 Å². The van der Waals surface area contributed by atoms with Crippen LogP contribution in [0.3, 0.4) is 0 Å². The number of carbonyl (C=O) groups excluding carboxylic acids is 1. The molecule has 4 aromatic heterocycles. The summed E-state index contributed by atoms with van der Waals surface area (Å²) in [6.07, 6.45) is 3.07. The Morgan fingerprint density at radius 1 is 1.14 bits per heavy atom. The minimum absolute atomic E-state index is 0.119. The van der Waals surface area contributed by atoms with E-state index in [1.807, 2.05) is 17.7 Å². The van der Waals surface area contributed by atoms with Gasteiger partial charge in [-0.25, -0.2) is 14.6 Å². The molecule has 4 aromatic rings. The van der Waals surface area contributed by atoms with Gasteiger partial charge in [-0.1, -0.05) is 5.21 Å². The van der Waals surface area contributed by atoms with E-state index in [0.717, 1.165) is 35.5 Å². The van der Waals surface area contributed by atoms with Crippen LogP contribution in [0.2, 0.25) is 0 Å². The molecule has 0 aromatic carbocycles. The summed E-state index contributed by atoms with van der Waals surface area (Å²) in [6, 6.07) is 3.13. The molecule has 1 aliphatic heterocycles. The van der Waals surface area contributed by atoms with E-state index in [1.165, 1.54) is 16.9 Å². The van der Waals surface area contributed by atoms with Crippen molar-refractivity contribution in [1.82, 2.24) is 39.8 Å². The Labute approximate surface area is 196 Å². The number of aromatic nitrogens is 7. The molecular formula is C22H18F3N9O. The molecule has 0 bridgehead atoms. The quantitative estimate of drug-likeness (QED) is 0.459. The monoisotopic (exact) mass is 481 g/mol. The summed E-state index contributed by atoms with van der Waals surface area (Å²) in [5.74, 6) is -0.0536. The lowest BCUT2D eigenvalue weighted by molar-refractivity contribution is -0.137. The second-order valence-electron chi connectivity index (χ2n) is 7.85. The third-order valence-electron chi connectivity index (χ3n) is 5.38. The highest BCUT2D eigenvalue weighted by molar-refractivity contribution is 6.04. The zero-order valence-corrected chi connectivity index (χ0v) is 18.5. The van der Waals surface area contributed by atoms with Crippen LogP contribution in [0, 0.1) is 6.92 Å². The van der Waals surface area contributed by atoms with Crippen molar-refractivity contribution in [1.29, 1.82) is 0 Å².